The summed E-state index contributed by atoms with van der Waals surface area (Å²) in [6.07, 6.45) is 17.8. The van der Waals surface area contributed by atoms with E-state index in [-0.39, 0.29) is 11.3 Å². The molecule has 206 valence electrons. The zero-order chi connectivity index (χ0) is 27.2. The van der Waals surface area contributed by atoms with Gasteiger partial charge in [0.05, 0.1) is 11.6 Å². The summed E-state index contributed by atoms with van der Waals surface area (Å²) in [7, 11) is 0. The first-order valence-electron chi connectivity index (χ1n) is 14.6. The number of rotatable bonds is 17. The minimum atomic E-state index is -0.610. The molecule has 0 bridgehead atoms. The number of nitrogens with zero attached hydrogens (tertiary/aromatic N) is 1. The Morgan fingerprint density at radius 1 is 0.763 bits per heavy atom. The lowest BCUT2D eigenvalue weighted by Crippen LogP contribution is -2.30. The van der Waals surface area contributed by atoms with Crippen LogP contribution in [0.1, 0.15) is 114 Å². The normalized spacial score (nSPS) is 16.9. The number of hydrogen-bond donors (Lipinski definition) is 1. The first-order chi connectivity index (χ1) is 18.5. The third-order valence-corrected chi connectivity index (χ3v) is 8.00. The van der Waals surface area contributed by atoms with E-state index >= 15 is 0 Å². The lowest BCUT2D eigenvalue weighted by Gasteiger charge is -2.25. The number of aliphatic hydroxyl groups excluding tert-OH is 1. The molecule has 0 spiro atoms. The van der Waals surface area contributed by atoms with Crippen molar-refractivity contribution in [3.05, 3.63) is 75.8 Å². The number of likely N-dealkylation sites (tertiary alicyclic amines) is 1. The van der Waals surface area contributed by atoms with Gasteiger partial charge < -0.3 is 10.0 Å². The van der Waals surface area contributed by atoms with E-state index in [4.69, 9.17) is 0 Å². The minimum Gasteiger partial charge on any atom is -0.507 e. The van der Waals surface area contributed by atoms with Gasteiger partial charge in [0.25, 0.3) is 11.7 Å². The monoisotopic (exact) mass is 581 g/mol. The van der Waals surface area contributed by atoms with Crippen molar-refractivity contribution in [3.63, 3.8) is 0 Å². The van der Waals surface area contributed by atoms with E-state index < -0.39 is 17.7 Å². The molecule has 1 heterocycles. The van der Waals surface area contributed by atoms with Gasteiger partial charge in [0.15, 0.2) is 0 Å². The van der Waals surface area contributed by atoms with Crippen molar-refractivity contribution in [2.75, 3.05) is 6.54 Å². The SMILES string of the molecule is CCCCCCCCCCCCCCCCN1C(=O)C(=O)C(=C(O)c2cccc(Br)c2)[C@H]1c1ccccc1. The lowest BCUT2D eigenvalue weighted by molar-refractivity contribution is -0.139. The van der Waals surface area contributed by atoms with Crippen LogP contribution in [0.2, 0.25) is 0 Å². The third-order valence-electron chi connectivity index (χ3n) is 7.51. The van der Waals surface area contributed by atoms with Crippen molar-refractivity contribution in [2.45, 2.75) is 103 Å². The first kappa shape index (κ1) is 30.1. The molecular weight excluding hydrogens is 538 g/mol. The van der Waals surface area contributed by atoms with E-state index in [1.807, 2.05) is 36.4 Å². The number of ketones is 1. The number of unbranched alkanes of at least 4 members (excludes halogenated alkanes) is 13. The molecule has 0 aliphatic carbocycles. The molecule has 2 aromatic carbocycles. The van der Waals surface area contributed by atoms with Gasteiger partial charge in [0, 0.05) is 16.6 Å². The summed E-state index contributed by atoms with van der Waals surface area (Å²) in [6, 6.07) is 16.2. The predicted octanol–water partition coefficient (Wildman–Crippen LogP) is 9.35. The topological polar surface area (TPSA) is 57.6 Å². The summed E-state index contributed by atoms with van der Waals surface area (Å²) in [4.78, 5) is 27.9. The molecule has 1 N–H and O–H groups in total. The number of carbonyl (C=O) groups excluding carboxylic acids is 2. The van der Waals surface area contributed by atoms with Crippen LogP contribution in [0, 0.1) is 0 Å². The van der Waals surface area contributed by atoms with E-state index in [1.165, 1.54) is 70.6 Å². The largest absolute Gasteiger partial charge is 0.507 e. The van der Waals surface area contributed by atoms with Gasteiger partial charge in [-0.15, -0.1) is 0 Å². The highest BCUT2D eigenvalue weighted by molar-refractivity contribution is 9.10. The quantitative estimate of drug-likeness (QED) is 0.0875. The zero-order valence-electron chi connectivity index (χ0n) is 23.0. The van der Waals surface area contributed by atoms with Gasteiger partial charge in [-0.2, -0.15) is 0 Å². The molecule has 0 saturated carbocycles. The summed E-state index contributed by atoms with van der Waals surface area (Å²) < 4.78 is 0.800. The van der Waals surface area contributed by atoms with Crippen molar-refractivity contribution in [2.24, 2.45) is 0 Å². The molecular formula is C33H44BrNO3. The van der Waals surface area contributed by atoms with E-state index in [9.17, 15) is 14.7 Å². The van der Waals surface area contributed by atoms with Crippen LogP contribution in [-0.2, 0) is 9.59 Å². The van der Waals surface area contributed by atoms with Crippen molar-refractivity contribution >= 4 is 33.4 Å². The van der Waals surface area contributed by atoms with E-state index in [0.717, 1.165) is 29.3 Å². The number of aliphatic hydroxyl groups is 1. The lowest BCUT2D eigenvalue weighted by atomic mass is 9.95. The van der Waals surface area contributed by atoms with Gasteiger partial charge in [0.2, 0.25) is 0 Å². The van der Waals surface area contributed by atoms with Crippen LogP contribution in [0.15, 0.2) is 64.6 Å². The smallest absolute Gasteiger partial charge is 0.295 e. The average Bonchev–Trinajstić information content (AvgIpc) is 3.18. The van der Waals surface area contributed by atoms with Crippen LogP contribution in [0.4, 0.5) is 0 Å². The first-order valence-corrected chi connectivity index (χ1v) is 15.4. The molecule has 1 amide bonds. The maximum absolute atomic E-state index is 13.1. The van der Waals surface area contributed by atoms with Crippen molar-refractivity contribution < 1.29 is 14.7 Å². The van der Waals surface area contributed by atoms with Crippen molar-refractivity contribution in [1.82, 2.24) is 4.90 Å². The number of Topliss-reactive ketones (excluding diaryl/α,β-unsaturated/α-hetero) is 1. The molecule has 38 heavy (non-hydrogen) atoms. The molecule has 4 nitrogen and oxygen atoms in total. The van der Waals surface area contributed by atoms with Crippen LogP contribution in [-0.4, -0.2) is 28.2 Å². The second-order valence-corrected chi connectivity index (χ2v) is 11.4. The Hall–Kier alpha value is -2.40. The van der Waals surface area contributed by atoms with Crippen LogP contribution in [0.25, 0.3) is 5.76 Å². The standard InChI is InChI=1S/C33H44BrNO3/c1-2-3-4-5-6-7-8-9-10-11-12-13-14-18-24-35-30(26-20-16-15-17-21-26)29(32(37)33(35)38)31(36)27-22-19-23-28(34)25-27/h15-17,19-23,25,30,36H,2-14,18,24H2,1H3/t30-/m1/s1. The van der Waals surface area contributed by atoms with Crippen LogP contribution < -0.4 is 0 Å². The Kier molecular flexibility index (Phi) is 13.1. The Bertz CT molecular complexity index is 1050. The Labute approximate surface area is 237 Å². The fraction of sp³-hybridized carbons (Fsp3) is 0.515. The summed E-state index contributed by atoms with van der Waals surface area (Å²) in [5, 5.41) is 11.1. The number of halogens is 1. The molecule has 3 rings (SSSR count). The second-order valence-electron chi connectivity index (χ2n) is 10.5. The number of carbonyl (C=O) groups is 2. The summed E-state index contributed by atoms with van der Waals surface area (Å²) in [5.41, 5.74) is 1.54. The average molecular weight is 583 g/mol. The molecule has 2 aromatic rings. The van der Waals surface area contributed by atoms with Crippen molar-refractivity contribution in [3.8, 4) is 0 Å². The van der Waals surface area contributed by atoms with Gasteiger partial charge in [-0.05, 0) is 24.1 Å². The molecule has 1 aliphatic rings. The van der Waals surface area contributed by atoms with Gasteiger partial charge in [-0.3, -0.25) is 9.59 Å². The van der Waals surface area contributed by atoms with Crippen molar-refractivity contribution in [1.29, 1.82) is 0 Å². The highest BCUT2D eigenvalue weighted by Gasteiger charge is 2.45. The van der Waals surface area contributed by atoms with Crippen LogP contribution in [0.3, 0.4) is 0 Å². The summed E-state index contributed by atoms with van der Waals surface area (Å²) >= 11 is 3.43. The third kappa shape index (κ3) is 8.83. The molecule has 1 fully saturated rings. The molecule has 0 aromatic heterocycles. The number of amides is 1. The highest BCUT2D eigenvalue weighted by Crippen LogP contribution is 2.39. The highest BCUT2D eigenvalue weighted by atomic mass is 79.9. The molecule has 1 saturated heterocycles. The minimum absolute atomic E-state index is 0.123. The van der Waals surface area contributed by atoms with E-state index in [2.05, 4.69) is 22.9 Å². The molecule has 1 aliphatic heterocycles. The van der Waals surface area contributed by atoms with Gasteiger partial charge in [0.1, 0.15) is 5.76 Å². The molecule has 1 atom stereocenters. The van der Waals surface area contributed by atoms with E-state index in [0.29, 0.717) is 12.1 Å². The van der Waals surface area contributed by atoms with Gasteiger partial charge in [-0.25, -0.2) is 0 Å². The molecule has 5 heteroatoms. The Balaban J connectivity index is 1.50. The molecule has 0 unspecified atom stereocenters. The molecule has 0 radical (unpaired) electrons. The van der Waals surface area contributed by atoms with Gasteiger partial charge >= 0.3 is 0 Å². The zero-order valence-corrected chi connectivity index (χ0v) is 24.6. The Morgan fingerprint density at radius 2 is 1.32 bits per heavy atom. The number of hydrogen-bond acceptors (Lipinski definition) is 3. The maximum Gasteiger partial charge on any atom is 0.295 e. The van der Waals surface area contributed by atoms with Crippen LogP contribution in [0.5, 0.6) is 0 Å². The fourth-order valence-corrected chi connectivity index (χ4v) is 5.76. The number of benzene rings is 2. The van der Waals surface area contributed by atoms with E-state index in [1.54, 1.807) is 23.1 Å². The fourth-order valence-electron chi connectivity index (χ4n) is 5.36. The second kappa shape index (κ2) is 16.5. The summed E-state index contributed by atoms with van der Waals surface area (Å²) in [6.45, 7) is 2.77. The maximum atomic E-state index is 13.1. The van der Waals surface area contributed by atoms with Gasteiger partial charge in [-0.1, -0.05) is 149 Å². The predicted molar refractivity (Wildman–Crippen MR) is 160 cm³/mol. The Morgan fingerprint density at radius 3 is 1.87 bits per heavy atom. The van der Waals surface area contributed by atoms with Crippen LogP contribution >= 0.6 is 15.9 Å². The summed E-state index contributed by atoms with van der Waals surface area (Å²) in [5.74, 6) is -1.26.